The van der Waals surface area contributed by atoms with E-state index in [1.807, 2.05) is 13.8 Å². The lowest BCUT2D eigenvalue weighted by Gasteiger charge is -2.13. The maximum atomic E-state index is 12.3. The SMILES string of the molecule is CC[C@@H](C)OCc1c(Br)cnn1CC(F)(F)F. The van der Waals surface area contributed by atoms with Gasteiger partial charge >= 0.3 is 6.18 Å². The molecule has 0 amide bonds. The first-order valence-electron chi connectivity index (χ1n) is 5.22. The molecule has 1 heterocycles. The molecule has 0 aliphatic heterocycles. The third-order valence-corrected chi connectivity index (χ3v) is 2.97. The maximum Gasteiger partial charge on any atom is 0.408 e. The Bertz CT molecular complexity index is 365. The summed E-state index contributed by atoms with van der Waals surface area (Å²) in [6, 6.07) is 0. The van der Waals surface area contributed by atoms with E-state index in [9.17, 15) is 13.2 Å². The molecule has 0 saturated heterocycles. The second-order valence-electron chi connectivity index (χ2n) is 3.74. The number of alkyl halides is 3. The van der Waals surface area contributed by atoms with E-state index < -0.39 is 12.7 Å². The monoisotopic (exact) mass is 314 g/mol. The van der Waals surface area contributed by atoms with Crippen LogP contribution in [0.15, 0.2) is 10.7 Å². The van der Waals surface area contributed by atoms with E-state index in [-0.39, 0.29) is 12.7 Å². The van der Waals surface area contributed by atoms with E-state index >= 15 is 0 Å². The Morgan fingerprint density at radius 2 is 2.18 bits per heavy atom. The third-order valence-electron chi connectivity index (χ3n) is 2.31. The Morgan fingerprint density at radius 3 is 2.71 bits per heavy atom. The van der Waals surface area contributed by atoms with Gasteiger partial charge in [-0.1, -0.05) is 6.92 Å². The molecule has 0 aliphatic carbocycles. The average molecular weight is 315 g/mol. The van der Waals surface area contributed by atoms with Crippen LogP contribution in [-0.2, 0) is 17.9 Å². The first kappa shape index (κ1) is 14.5. The molecule has 1 rings (SSSR count). The fourth-order valence-electron chi connectivity index (χ4n) is 1.18. The van der Waals surface area contributed by atoms with Gasteiger partial charge in [-0.3, -0.25) is 4.68 Å². The minimum absolute atomic E-state index is 0.0103. The van der Waals surface area contributed by atoms with Crippen LogP contribution in [0.3, 0.4) is 0 Å². The van der Waals surface area contributed by atoms with Crippen molar-refractivity contribution < 1.29 is 17.9 Å². The van der Waals surface area contributed by atoms with Crippen molar-refractivity contribution in [1.82, 2.24) is 9.78 Å². The molecule has 0 aliphatic rings. The summed E-state index contributed by atoms with van der Waals surface area (Å²) in [4.78, 5) is 0. The van der Waals surface area contributed by atoms with Crippen molar-refractivity contribution >= 4 is 15.9 Å². The van der Waals surface area contributed by atoms with Gasteiger partial charge in [0.05, 0.1) is 29.1 Å². The Balaban J connectivity index is 2.73. The Labute approximate surface area is 106 Å². The Morgan fingerprint density at radius 1 is 1.53 bits per heavy atom. The van der Waals surface area contributed by atoms with E-state index in [0.717, 1.165) is 11.1 Å². The zero-order valence-electron chi connectivity index (χ0n) is 9.59. The predicted octanol–water partition coefficient (Wildman–Crippen LogP) is 3.52. The second-order valence-corrected chi connectivity index (χ2v) is 4.60. The standard InChI is InChI=1S/C10H14BrF3N2O/c1-3-7(2)17-5-9-8(11)4-15-16(9)6-10(12,13)14/h4,7H,3,5-6H2,1-2H3/t7-/m1/s1. The van der Waals surface area contributed by atoms with E-state index in [4.69, 9.17) is 4.74 Å². The first-order valence-corrected chi connectivity index (χ1v) is 6.01. The van der Waals surface area contributed by atoms with Crippen LogP contribution >= 0.6 is 15.9 Å². The molecule has 0 spiro atoms. The van der Waals surface area contributed by atoms with Crippen LogP contribution in [0.4, 0.5) is 13.2 Å². The lowest BCUT2D eigenvalue weighted by Crippen LogP contribution is -2.21. The second kappa shape index (κ2) is 5.86. The van der Waals surface area contributed by atoms with Crippen molar-refractivity contribution in [3.05, 3.63) is 16.4 Å². The highest BCUT2D eigenvalue weighted by Crippen LogP contribution is 2.23. The van der Waals surface area contributed by atoms with Crippen LogP contribution in [0.25, 0.3) is 0 Å². The molecule has 0 unspecified atom stereocenters. The Kier molecular flexibility index (Phi) is 5.00. The van der Waals surface area contributed by atoms with Gasteiger partial charge in [0, 0.05) is 0 Å². The van der Waals surface area contributed by atoms with E-state index in [1.165, 1.54) is 6.20 Å². The third kappa shape index (κ3) is 4.67. The number of hydrogen-bond donors (Lipinski definition) is 0. The highest BCUT2D eigenvalue weighted by atomic mass is 79.9. The van der Waals surface area contributed by atoms with Gasteiger partial charge in [0.25, 0.3) is 0 Å². The maximum absolute atomic E-state index is 12.3. The summed E-state index contributed by atoms with van der Waals surface area (Å²) >= 11 is 3.17. The summed E-state index contributed by atoms with van der Waals surface area (Å²) in [5.41, 5.74) is 0.405. The molecule has 0 N–H and O–H groups in total. The fraction of sp³-hybridized carbons (Fsp3) is 0.700. The van der Waals surface area contributed by atoms with Crippen LogP contribution < -0.4 is 0 Å². The zero-order valence-corrected chi connectivity index (χ0v) is 11.2. The van der Waals surface area contributed by atoms with Gasteiger partial charge in [-0.15, -0.1) is 0 Å². The summed E-state index contributed by atoms with van der Waals surface area (Å²) in [5, 5.41) is 3.67. The van der Waals surface area contributed by atoms with Gasteiger partial charge in [0.1, 0.15) is 6.54 Å². The zero-order chi connectivity index (χ0) is 13.1. The van der Waals surface area contributed by atoms with Crippen molar-refractivity contribution in [2.24, 2.45) is 0 Å². The van der Waals surface area contributed by atoms with Gasteiger partial charge in [-0.25, -0.2) is 0 Å². The van der Waals surface area contributed by atoms with Crippen molar-refractivity contribution in [3.63, 3.8) is 0 Å². The molecule has 1 atom stereocenters. The molecule has 3 nitrogen and oxygen atoms in total. The van der Waals surface area contributed by atoms with Crippen LogP contribution in [0.1, 0.15) is 26.0 Å². The van der Waals surface area contributed by atoms with Crippen molar-refractivity contribution in [3.8, 4) is 0 Å². The molecule has 0 bridgehead atoms. The van der Waals surface area contributed by atoms with Gasteiger partial charge in [-0.05, 0) is 29.3 Å². The van der Waals surface area contributed by atoms with Gasteiger partial charge in [0.2, 0.25) is 0 Å². The highest BCUT2D eigenvalue weighted by Gasteiger charge is 2.30. The van der Waals surface area contributed by atoms with Crippen LogP contribution in [0.5, 0.6) is 0 Å². The quantitative estimate of drug-likeness (QED) is 0.831. The largest absolute Gasteiger partial charge is 0.408 e. The normalized spacial score (nSPS) is 14.0. The molecule has 0 saturated carbocycles. The molecule has 0 radical (unpaired) electrons. The van der Waals surface area contributed by atoms with Crippen LogP contribution in [-0.4, -0.2) is 22.1 Å². The molecular weight excluding hydrogens is 301 g/mol. The summed E-state index contributed by atoms with van der Waals surface area (Å²) in [5.74, 6) is 0. The van der Waals surface area contributed by atoms with E-state index in [0.29, 0.717) is 10.2 Å². The summed E-state index contributed by atoms with van der Waals surface area (Å²) in [7, 11) is 0. The van der Waals surface area contributed by atoms with Gasteiger partial charge in [0.15, 0.2) is 0 Å². The lowest BCUT2D eigenvalue weighted by atomic mass is 10.3. The lowest BCUT2D eigenvalue weighted by molar-refractivity contribution is -0.143. The predicted molar refractivity (Wildman–Crippen MR) is 60.5 cm³/mol. The fourth-order valence-corrected chi connectivity index (χ4v) is 1.59. The number of rotatable bonds is 5. The van der Waals surface area contributed by atoms with Crippen molar-refractivity contribution in [2.75, 3.05) is 0 Å². The molecule has 98 valence electrons. The Hall–Kier alpha value is -0.560. The van der Waals surface area contributed by atoms with Crippen LogP contribution in [0, 0.1) is 0 Å². The first-order chi connectivity index (χ1) is 7.83. The number of nitrogens with zero attached hydrogens (tertiary/aromatic N) is 2. The summed E-state index contributed by atoms with van der Waals surface area (Å²) < 4.78 is 43.7. The van der Waals surface area contributed by atoms with Gasteiger partial charge in [-0.2, -0.15) is 18.3 Å². The van der Waals surface area contributed by atoms with E-state index in [2.05, 4.69) is 21.0 Å². The number of hydrogen-bond acceptors (Lipinski definition) is 2. The van der Waals surface area contributed by atoms with Gasteiger partial charge < -0.3 is 4.74 Å². The van der Waals surface area contributed by atoms with Crippen LogP contribution in [0.2, 0.25) is 0 Å². The number of halogens is 4. The molecule has 7 heteroatoms. The van der Waals surface area contributed by atoms with Crippen molar-refractivity contribution in [1.29, 1.82) is 0 Å². The number of ether oxygens (including phenoxy) is 1. The topological polar surface area (TPSA) is 27.1 Å². The van der Waals surface area contributed by atoms with E-state index in [1.54, 1.807) is 0 Å². The smallest absolute Gasteiger partial charge is 0.372 e. The number of aromatic nitrogens is 2. The summed E-state index contributed by atoms with van der Waals surface area (Å²) in [6.45, 7) is 2.84. The molecular formula is C10H14BrF3N2O. The average Bonchev–Trinajstić information content (AvgIpc) is 2.54. The summed E-state index contributed by atoms with van der Waals surface area (Å²) in [6.07, 6.45) is -2.11. The minimum Gasteiger partial charge on any atom is -0.372 e. The molecule has 1 aromatic rings. The highest BCUT2D eigenvalue weighted by molar-refractivity contribution is 9.10. The molecule has 0 fully saturated rings. The van der Waals surface area contributed by atoms with Crippen molar-refractivity contribution in [2.45, 2.75) is 45.7 Å². The minimum atomic E-state index is -4.28. The molecule has 0 aromatic carbocycles. The molecule has 1 aromatic heterocycles. The molecule has 17 heavy (non-hydrogen) atoms.